The summed E-state index contributed by atoms with van der Waals surface area (Å²) in [5.74, 6) is 0.171. The summed E-state index contributed by atoms with van der Waals surface area (Å²) in [7, 11) is 2.09. The van der Waals surface area contributed by atoms with Crippen LogP contribution in [0.2, 0.25) is 0 Å². The number of likely N-dealkylation sites (N-methyl/N-ethyl adjacent to an activating group) is 1. The number of oxazole rings is 1. The number of fused-ring (bicyclic) bond motifs is 1. The number of carbonyl (C=O) groups excluding carboxylic acids is 1. The zero-order valence-corrected chi connectivity index (χ0v) is 19.0. The number of piperazine rings is 1. The minimum Gasteiger partial charge on any atom is -0.431 e. The third-order valence-electron chi connectivity index (χ3n) is 6.64. The predicted octanol–water partition coefficient (Wildman–Crippen LogP) is 2.72. The highest BCUT2D eigenvalue weighted by atomic mass is 16.5. The van der Waals surface area contributed by atoms with E-state index >= 15 is 0 Å². The number of hydrogen-bond donors (Lipinski definition) is 2. The van der Waals surface area contributed by atoms with Crippen LogP contribution in [0.4, 0.5) is 6.01 Å². The maximum Gasteiger partial charge on any atom is 0.298 e. The van der Waals surface area contributed by atoms with Crippen molar-refractivity contribution in [2.24, 2.45) is 5.92 Å². The number of aromatic amines is 1. The average molecular weight is 454 g/mol. The Morgan fingerprint density at radius 3 is 2.91 bits per heavy atom. The first-order valence-electron chi connectivity index (χ1n) is 11.8. The van der Waals surface area contributed by atoms with Crippen molar-refractivity contribution >= 4 is 23.0 Å². The summed E-state index contributed by atoms with van der Waals surface area (Å²) in [6.45, 7) is 4.10. The van der Waals surface area contributed by atoms with Crippen molar-refractivity contribution in [2.45, 2.75) is 38.3 Å². The monoisotopic (exact) mass is 453 g/mol. The number of carbonyl (C=O) groups is 1. The van der Waals surface area contributed by atoms with Crippen LogP contribution in [-0.4, -0.2) is 70.6 Å². The maximum absolute atomic E-state index is 13.1. The molecule has 10 heteroatoms. The summed E-state index contributed by atoms with van der Waals surface area (Å²) in [6, 6.07) is 0.479. The van der Waals surface area contributed by atoms with E-state index in [0.717, 1.165) is 55.6 Å². The molecular weight excluding hydrogens is 422 g/mol. The number of nitrogens with zero attached hydrogens (tertiary/aromatic N) is 5. The van der Waals surface area contributed by atoms with Gasteiger partial charge in [0, 0.05) is 37.9 Å². The summed E-state index contributed by atoms with van der Waals surface area (Å²) in [5, 5.41) is 3.00. The molecule has 1 saturated heterocycles. The van der Waals surface area contributed by atoms with E-state index in [1.165, 1.54) is 31.9 Å². The van der Waals surface area contributed by atoms with Gasteiger partial charge in [-0.05, 0) is 25.8 Å². The van der Waals surface area contributed by atoms with E-state index in [4.69, 9.17) is 9.15 Å². The molecule has 2 aliphatic rings. The van der Waals surface area contributed by atoms with Crippen LogP contribution in [-0.2, 0) is 4.74 Å². The Hall–Kier alpha value is -2.98. The van der Waals surface area contributed by atoms with Crippen LogP contribution < -0.4 is 10.2 Å². The molecule has 1 amide bonds. The Morgan fingerprint density at radius 2 is 2.09 bits per heavy atom. The van der Waals surface area contributed by atoms with Gasteiger partial charge in [-0.3, -0.25) is 4.79 Å². The predicted molar refractivity (Wildman–Crippen MR) is 123 cm³/mol. The molecule has 1 saturated carbocycles. The smallest absolute Gasteiger partial charge is 0.298 e. The molecule has 2 N–H and O–H groups in total. The Balaban J connectivity index is 1.31. The number of ether oxygens (including phenoxy) is 1. The van der Waals surface area contributed by atoms with Crippen LogP contribution in [0.15, 0.2) is 29.4 Å². The van der Waals surface area contributed by atoms with Gasteiger partial charge in [-0.25, -0.2) is 9.97 Å². The first-order chi connectivity index (χ1) is 16.2. The van der Waals surface area contributed by atoms with E-state index in [9.17, 15) is 4.79 Å². The second-order valence-electron chi connectivity index (χ2n) is 9.03. The van der Waals surface area contributed by atoms with Gasteiger partial charge in [0.1, 0.15) is 12.6 Å². The van der Waals surface area contributed by atoms with E-state index < -0.39 is 6.23 Å². The number of hydrogen-bond acceptors (Lipinski definition) is 8. The van der Waals surface area contributed by atoms with Crippen molar-refractivity contribution in [3.63, 3.8) is 0 Å². The van der Waals surface area contributed by atoms with Gasteiger partial charge in [0.05, 0.1) is 23.8 Å². The molecular formula is C23H31N7O3. The Kier molecular flexibility index (Phi) is 6.54. The van der Waals surface area contributed by atoms with Gasteiger partial charge in [0.25, 0.3) is 11.9 Å². The highest BCUT2D eigenvalue weighted by molar-refractivity contribution is 5.92. The molecule has 0 bridgehead atoms. The topological polar surface area (TPSA) is 112 Å². The van der Waals surface area contributed by atoms with Crippen LogP contribution in [0.1, 0.15) is 54.4 Å². The second kappa shape index (κ2) is 9.88. The van der Waals surface area contributed by atoms with Gasteiger partial charge in [0.2, 0.25) is 0 Å². The molecule has 1 aliphatic carbocycles. The summed E-state index contributed by atoms with van der Waals surface area (Å²) in [4.78, 5) is 33.5. The zero-order valence-electron chi connectivity index (χ0n) is 19.0. The summed E-state index contributed by atoms with van der Waals surface area (Å²) >= 11 is 0. The van der Waals surface area contributed by atoms with E-state index in [1.807, 2.05) is 6.20 Å². The van der Waals surface area contributed by atoms with Gasteiger partial charge < -0.3 is 29.3 Å². The molecule has 10 nitrogen and oxygen atoms in total. The van der Waals surface area contributed by atoms with E-state index in [2.05, 4.69) is 42.1 Å². The van der Waals surface area contributed by atoms with Crippen LogP contribution >= 0.6 is 0 Å². The number of anilines is 1. The molecule has 3 aromatic heterocycles. The normalized spacial score (nSPS) is 19.1. The number of rotatable bonds is 7. The highest BCUT2D eigenvalue weighted by Crippen LogP contribution is 2.28. The summed E-state index contributed by atoms with van der Waals surface area (Å²) in [6.07, 6.45) is 11.9. The third kappa shape index (κ3) is 5.01. The molecule has 176 valence electrons. The van der Waals surface area contributed by atoms with Crippen LogP contribution in [0.25, 0.3) is 11.0 Å². The van der Waals surface area contributed by atoms with E-state index in [-0.39, 0.29) is 11.6 Å². The van der Waals surface area contributed by atoms with Crippen molar-refractivity contribution in [3.8, 4) is 0 Å². The standard InChI is InChI=1S/C23H31N7O3/c1-29-7-9-30(10-8-29)23-27-19(14-33-23)21(31)28-22(32-13-16-5-3-2-4-6-16)17-11-25-18-12-24-15-26-20(17)18/h11-12,14-16,22,25H,2-10,13H2,1H3,(H,28,31). The van der Waals surface area contributed by atoms with Gasteiger partial charge in [0.15, 0.2) is 11.9 Å². The summed E-state index contributed by atoms with van der Waals surface area (Å²) < 4.78 is 11.9. The fraction of sp³-hybridized carbons (Fsp3) is 0.565. The molecule has 1 aliphatic heterocycles. The molecule has 0 radical (unpaired) electrons. The second-order valence-corrected chi connectivity index (χ2v) is 9.03. The maximum atomic E-state index is 13.1. The molecule has 1 unspecified atom stereocenters. The third-order valence-corrected chi connectivity index (χ3v) is 6.64. The first-order valence-corrected chi connectivity index (χ1v) is 11.8. The lowest BCUT2D eigenvalue weighted by atomic mass is 9.90. The fourth-order valence-electron chi connectivity index (χ4n) is 4.59. The Bertz CT molecular complexity index is 1070. The molecule has 2 fully saturated rings. The lowest BCUT2D eigenvalue weighted by Crippen LogP contribution is -2.44. The molecule has 33 heavy (non-hydrogen) atoms. The van der Waals surface area contributed by atoms with Gasteiger partial charge >= 0.3 is 0 Å². The minimum absolute atomic E-state index is 0.240. The fourth-order valence-corrected chi connectivity index (χ4v) is 4.59. The molecule has 3 aromatic rings. The van der Waals surface area contributed by atoms with E-state index in [1.54, 1.807) is 6.20 Å². The largest absolute Gasteiger partial charge is 0.431 e. The summed E-state index contributed by atoms with van der Waals surface area (Å²) in [5.41, 5.74) is 2.55. The van der Waals surface area contributed by atoms with Crippen molar-refractivity contribution in [1.82, 2.24) is 30.2 Å². The van der Waals surface area contributed by atoms with Gasteiger partial charge in [-0.15, -0.1) is 0 Å². The van der Waals surface area contributed by atoms with Crippen LogP contribution in [0.5, 0.6) is 0 Å². The van der Waals surface area contributed by atoms with Gasteiger partial charge in [-0.1, -0.05) is 19.3 Å². The molecule has 4 heterocycles. The van der Waals surface area contributed by atoms with Crippen molar-refractivity contribution in [2.75, 3.05) is 44.7 Å². The molecule has 1 atom stereocenters. The van der Waals surface area contributed by atoms with Gasteiger partial charge in [-0.2, -0.15) is 4.98 Å². The van der Waals surface area contributed by atoms with Crippen LogP contribution in [0, 0.1) is 5.92 Å². The highest BCUT2D eigenvalue weighted by Gasteiger charge is 2.26. The minimum atomic E-state index is -0.646. The van der Waals surface area contributed by atoms with Crippen molar-refractivity contribution < 1.29 is 13.9 Å². The zero-order chi connectivity index (χ0) is 22.6. The number of H-pyrrole nitrogens is 1. The lowest BCUT2D eigenvalue weighted by Gasteiger charge is -2.31. The van der Waals surface area contributed by atoms with Crippen LogP contribution in [0.3, 0.4) is 0 Å². The molecule has 5 rings (SSSR count). The molecule has 0 spiro atoms. The van der Waals surface area contributed by atoms with E-state index in [0.29, 0.717) is 18.5 Å². The number of aromatic nitrogens is 4. The Labute approximate surface area is 192 Å². The van der Waals surface area contributed by atoms with Crippen molar-refractivity contribution in [3.05, 3.63) is 36.2 Å². The average Bonchev–Trinajstić information content (AvgIpc) is 3.51. The number of nitrogens with one attached hydrogen (secondary N) is 2. The number of amides is 1. The molecule has 0 aromatic carbocycles. The Morgan fingerprint density at radius 1 is 1.27 bits per heavy atom. The first kappa shape index (κ1) is 21.8. The van der Waals surface area contributed by atoms with Crippen molar-refractivity contribution in [1.29, 1.82) is 0 Å². The quantitative estimate of drug-likeness (QED) is 0.525. The lowest BCUT2D eigenvalue weighted by molar-refractivity contribution is 0.00217. The SMILES string of the molecule is CN1CCN(c2nc(C(=O)NC(OCC3CCCCC3)c3c[nH]c4cncnc34)co2)CC1.